The number of carbonyl (C=O) groups excluding carboxylic acids is 1. The van der Waals surface area contributed by atoms with E-state index in [9.17, 15) is 4.79 Å². The Labute approximate surface area is 128 Å². The number of carbonyl (C=O) groups is 1. The molecule has 0 aliphatic carbocycles. The molecule has 1 unspecified atom stereocenters. The molecule has 0 fully saturated rings. The van der Waals surface area contributed by atoms with Crippen LogP contribution in [0.15, 0.2) is 20.3 Å². The summed E-state index contributed by atoms with van der Waals surface area (Å²) in [7, 11) is 1.69. The zero-order chi connectivity index (χ0) is 14.9. The Morgan fingerprint density at radius 1 is 1.60 bits per heavy atom. The van der Waals surface area contributed by atoms with Crippen molar-refractivity contribution >= 4 is 38.5 Å². The van der Waals surface area contributed by atoms with Gasteiger partial charge in [0.2, 0.25) is 6.29 Å². The molecule has 1 atom stereocenters. The third-order valence-corrected chi connectivity index (χ3v) is 3.58. The molecule has 1 amide bonds. The Bertz CT molecular complexity index is 528. The van der Waals surface area contributed by atoms with Gasteiger partial charge in [-0.3, -0.25) is 0 Å². The first-order valence-electron chi connectivity index (χ1n) is 5.80. The van der Waals surface area contributed by atoms with Gasteiger partial charge in [0.25, 0.3) is 0 Å². The maximum atomic E-state index is 12.4. The van der Waals surface area contributed by atoms with Crippen LogP contribution in [0.1, 0.15) is 20.8 Å². The summed E-state index contributed by atoms with van der Waals surface area (Å²) in [5.74, 6) is 0. The highest BCUT2D eigenvalue weighted by molar-refractivity contribution is 9.11. The Morgan fingerprint density at radius 2 is 2.30 bits per heavy atom. The predicted molar refractivity (Wildman–Crippen MR) is 78.1 cm³/mol. The van der Waals surface area contributed by atoms with Crippen molar-refractivity contribution in [3.8, 4) is 0 Å². The molecule has 1 aromatic rings. The molecule has 1 N–H and O–H groups in total. The zero-order valence-corrected chi connectivity index (χ0v) is 13.9. The van der Waals surface area contributed by atoms with Crippen LogP contribution in [-0.4, -0.2) is 35.1 Å². The second-order valence-corrected chi connectivity index (χ2v) is 7.42. The normalized spacial score (nSPS) is 18.4. The van der Waals surface area contributed by atoms with Gasteiger partial charge in [-0.15, -0.1) is 5.11 Å². The molecular formula is C10H15BrN6O2S. The molecule has 0 saturated heterocycles. The van der Waals surface area contributed by atoms with Crippen molar-refractivity contribution in [2.75, 3.05) is 11.9 Å². The average molecular weight is 363 g/mol. The van der Waals surface area contributed by atoms with Crippen molar-refractivity contribution < 1.29 is 9.53 Å². The molecule has 8 nitrogen and oxygen atoms in total. The number of nitrogens with one attached hydrogen (secondary N) is 1. The van der Waals surface area contributed by atoms with Gasteiger partial charge in [0, 0.05) is 7.05 Å². The molecule has 2 heterocycles. The first-order chi connectivity index (χ1) is 9.26. The minimum atomic E-state index is -0.673. The molecule has 1 aliphatic rings. The van der Waals surface area contributed by atoms with Crippen molar-refractivity contribution in [3.63, 3.8) is 0 Å². The van der Waals surface area contributed by atoms with Gasteiger partial charge in [-0.1, -0.05) is 16.6 Å². The van der Waals surface area contributed by atoms with Crippen molar-refractivity contribution in [2.24, 2.45) is 10.3 Å². The number of rotatable bonds is 2. The Balaban J connectivity index is 2.25. The molecule has 0 radical (unpaired) electrons. The zero-order valence-electron chi connectivity index (χ0n) is 11.5. The van der Waals surface area contributed by atoms with Gasteiger partial charge in [0.1, 0.15) is 5.60 Å². The van der Waals surface area contributed by atoms with E-state index in [1.165, 1.54) is 21.4 Å². The highest BCUT2D eigenvalue weighted by Crippen LogP contribution is 2.30. The molecule has 1 aromatic heterocycles. The summed E-state index contributed by atoms with van der Waals surface area (Å²) in [5, 5.41) is 9.67. The van der Waals surface area contributed by atoms with Gasteiger partial charge in [-0.05, 0) is 36.7 Å². The number of ether oxygens (including phenoxy) is 1. The van der Waals surface area contributed by atoms with E-state index in [0.717, 1.165) is 3.79 Å². The molecule has 0 saturated carbocycles. The van der Waals surface area contributed by atoms with Gasteiger partial charge in [0.15, 0.2) is 5.13 Å². The quantitative estimate of drug-likeness (QED) is 0.874. The van der Waals surface area contributed by atoms with Crippen LogP contribution in [0.2, 0.25) is 0 Å². The number of nitrogens with zero attached hydrogens (tertiary/aromatic N) is 5. The second kappa shape index (κ2) is 5.62. The molecule has 2 rings (SSSR count). The number of amides is 1. The molecule has 0 aromatic carbocycles. The number of hydrogen-bond acceptors (Lipinski definition) is 8. The smallest absolute Gasteiger partial charge is 0.419 e. The van der Waals surface area contributed by atoms with E-state index >= 15 is 0 Å². The maximum absolute atomic E-state index is 12.4. The average Bonchev–Trinajstić information content (AvgIpc) is 2.86. The maximum Gasteiger partial charge on any atom is 0.419 e. The standard InChI is InChI=1S/C10H15BrN6O2S/c1-10(2,3)19-9(18)17(7-13-15-16(4)14-7)8-12-5-6(11)20-8/h5,7,14H,1-4H3. The fourth-order valence-corrected chi connectivity index (χ4v) is 2.60. The van der Waals surface area contributed by atoms with Crippen LogP contribution in [0.4, 0.5) is 9.93 Å². The number of aromatic nitrogens is 1. The van der Waals surface area contributed by atoms with Gasteiger partial charge in [0.05, 0.1) is 9.98 Å². The van der Waals surface area contributed by atoms with E-state index in [1.54, 1.807) is 34.0 Å². The first kappa shape index (κ1) is 15.1. The lowest BCUT2D eigenvalue weighted by Crippen LogP contribution is -2.50. The predicted octanol–water partition coefficient (Wildman–Crippen LogP) is 2.75. The van der Waals surface area contributed by atoms with Crippen LogP contribution in [-0.2, 0) is 4.74 Å². The van der Waals surface area contributed by atoms with Gasteiger partial charge in [-0.25, -0.2) is 19.8 Å². The van der Waals surface area contributed by atoms with Gasteiger partial charge >= 0.3 is 6.09 Å². The monoisotopic (exact) mass is 362 g/mol. The van der Waals surface area contributed by atoms with E-state index < -0.39 is 18.0 Å². The summed E-state index contributed by atoms with van der Waals surface area (Å²) < 4.78 is 6.20. The second-order valence-electron chi connectivity index (χ2n) is 5.03. The Morgan fingerprint density at radius 3 is 2.75 bits per heavy atom. The number of hydrazine groups is 1. The topological polar surface area (TPSA) is 82.4 Å². The van der Waals surface area contributed by atoms with E-state index in [1.807, 2.05) is 0 Å². The lowest BCUT2D eigenvalue weighted by molar-refractivity contribution is 0.0553. The van der Waals surface area contributed by atoms with Crippen LogP contribution in [0.25, 0.3) is 0 Å². The minimum absolute atomic E-state index is 0.470. The largest absolute Gasteiger partial charge is 0.443 e. The lowest BCUT2D eigenvalue weighted by Gasteiger charge is -2.27. The fraction of sp³-hybridized carbons (Fsp3) is 0.600. The summed E-state index contributed by atoms with van der Waals surface area (Å²) in [5.41, 5.74) is 2.30. The van der Waals surface area contributed by atoms with Crippen molar-refractivity contribution in [2.45, 2.75) is 32.7 Å². The fourth-order valence-electron chi connectivity index (χ4n) is 1.41. The summed E-state index contributed by atoms with van der Waals surface area (Å²) in [4.78, 5) is 17.9. The van der Waals surface area contributed by atoms with Crippen LogP contribution in [0.5, 0.6) is 0 Å². The number of halogens is 1. The van der Waals surface area contributed by atoms with Crippen LogP contribution in [0.3, 0.4) is 0 Å². The van der Waals surface area contributed by atoms with E-state index in [-0.39, 0.29) is 0 Å². The molecule has 0 bridgehead atoms. The van der Waals surface area contributed by atoms with Crippen molar-refractivity contribution in [1.82, 2.24) is 15.5 Å². The molecular weight excluding hydrogens is 348 g/mol. The third kappa shape index (κ3) is 3.64. The van der Waals surface area contributed by atoms with Crippen LogP contribution in [0, 0.1) is 0 Å². The molecule has 10 heteroatoms. The molecule has 1 aliphatic heterocycles. The SMILES string of the molecule is CN1N=NC(N(C(=O)OC(C)(C)C)c2ncc(Br)s2)N1. The van der Waals surface area contributed by atoms with E-state index in [2.05, 4.69) is 36.7 Å². The van der Waals surface area contributed by atoms with Crippen LogP contribution >= 0.6 is 27.3 Å². The number of anilines is 1. The highest BCUT2D eigenvalue weighted by Gasteiger charge is 2.34. The number of thiazole rings is 1. The third-order valence-electron chi connectivity index (χ3n) is 2.10. The lowest BCUT2D eigenvalue weighted by atomic mass is 10.2. The summed E-state index contributed by atoms with van der Waals surface area (Å²) in [6.07, 6.45) is 0.409. The Hall–Kier alpha value is -1.26. The summed E-state index contributed by atoms with van der Waals surface area (Å²) in [6, 6.07) is 0. The summed E-state index contributed by atoms with van der Waals surface area (Å²) in [6.45, 7) is 5.41. The van der Waals surface area contributed by atoms with Gasteiger partial charge in [-0.2, -0.15) is 5.43 Å². The van der Waals surface area contributed by atoms with E-state index in [4.69, 9.17) is 4.74 Å². The number of hydrogen-bond donors (Lipinski definition) is 1. The highest BCUT2D eigenvalue weighted by atomic mass is 79.9. The van der Waals surface area contributed by atoms with Crippen molar-refractivity contribution in [3.05, 3.63) is 9.98 Å². The van der Waals surface area contributed by atoms with Crippen molar-refractivity contribution in [1.29, 1.82) is 0 Å². The molecule has 20 heavy (non-hydrogen) atoms. The van der Waals surface area contributed by atoms with E-state index in [0.29, 0.717) is 5.13 Å². The molecule has 110 valence electrons. The first-order valence-corrected chi connectivity index (χ1v) is 7.41. The van der Waals surface area contributed by atoms with Gasteiger partial charge < -0.3 is 4.74 Å². The molecule has 0 spiro atoms. The van der Waals surface area contributed by atoms with Crippen LogP contribution < -0.4 is 10.3 Å². The Kier molecular flexibility index (Phi) is 4.25. The summed E-state index contributed by atoms with van der Waals surface area (Å²) >= 11 is 4.63. The minimum Gasteiger partial charge on any atom is -0.443 e.